The minimum absolute atomic E-state index is 0.0569. The van der Waals surface area contributed by atoms with Crippen molar-refractivity contribution in [2.45, 2.75) is 0 Å². The van der Waals surface area contributed by atoms with Crippen LogP contribution in [0.4, 0.5) is 0 Å². The van der Waals surface area contributed by atoms with Gasteiger partial charge in [-0.15, -0.1) is 0 Å². The molecule has 3 aromatic heterocycles. The summed E-state index contributed by atoms with van der Waals surface area (Å²) in [6, 6.07) is 18.3. The van der Waals surface area contributed by atoms with Crippen molar-refractivity contribution < 1.29 is 9.47 Å². The lowest BCUT2D eigenvalue weighted by Crippen LogP contribution is -2.19. The van der Waals surface area contributed by atoms with Gasteiger partial charge in [0.15, 0.2) is 17.3 Å². The largest absolute Gasteiger partial charge is 0.486 e. The fourth-order valence-electron chi connectivity index (χ4n) is 5.12. The molecule has 1 aliphatic heterocycles. The molecular weight excluding hydrogens is 468 g/mol. The number of hydrogen-bond acceptors (Lipinski definition) is 5. The number of benzene rings is 3. The standard InChI is InChI=1S/C28H24N6O3/c1-31-16-29-15-24(31)27-30-20-12-17(18-5-9-25-26(13-18)37-11-10-36-25)4-7-21(20)34(27)19-6-8-22-23(14-19)33(3)28(35)32(22)2/h4-9,12-16H,10-11H2,1-3H3. The lowest BCUT2D eigenvalue weighted by Gasteiger charge is -2.19. The number of nitrogens with zero attached hydrogens (tertiary/aromatic N) is 6. The van der Waals surface area contributed by atoms with Crippen molar-refractivity contribution in [3.63, 3.8) is 0 Å². The van der Waals surface area contributed by atoms with Crippen LogP contribution in [0.25, 0.3) is 50.4 Å². The maximum atomic E-state index is 12.5. The fraction of sp³-hybridized carbons (Fsp3) is 0.179. The van der Waals surface area contributed by atoms with E-state index in [-0.39, 0.29) is 5.69 Å². The van der Waals surface area contributed by atoms with E-state index < -0.39 is 0 Å². The van der Waals surface area contributed by atoms with E-state index in [1.807, 2.05) is 54.2 Å². The molecule has 1 aliphatic rings. The summed E-state index contributed by atoms with van der Waals surface area (Å²) in [4.78, 5) is 21.9. The number of aromatic nitrogens is 6. The van der Waals surface area contributed by atoms with E-state index in [0.29, 0.717) is 13.2 Å². The number of fused-ring (bicyclic) bond motifs is 3. The highest BCUT2D eigenvalue weighted by molar-refractivity contribution is 5.88. The van der Waals surface area contributed by atoms with Crippen molar-refractivity contribution >= 4 is 22.1 Å². The Labute approximate surface area is 211 Å². The first-order valence-electron chi connectivity index (χ1n) is 12.0. The van der Waals surface area contributed by atoms with Gasteiger partial charge >= 0.3 is 5.69 Å². The number of hydrogen-bond donors (Lipinski definition) is 0. The van der Waals surface area contributed by atoms with E-state index >= 15 is 0 Å². The lowest BCUT2D eigenvalue weighted by molar-refractivity contribution is 0.171. The predicted octanol–water partition coefficient (Wildman–Crippen LogP) is 4.05. The molecule has 0 saturated heterocycles. The Bertz CT molecular complexity index is 1910. The van der Waals surface area contributed by atoms with Gasteiger partial charge in [0.25, 0.3) is 0 Å². The molecule has 0 fully saturated rings. The van der Waals surface area contributed by atoms with Gasteiger partial charge in [0.05, 0.1) is 34.6 Å². The summed E-state index contributed by atoms with van der Waals surface area (Å²) < 4.78 is 18.9. The average Bonchev–Trinajstić information content (AvgIpc) is 3.58. The number of imidazole rings is 3. The molecule has 9 nitrogen and oxygen atoms in total. The van der Waals surface area contributed by atoms with Gasteiger partial charge in [-0.05, 0) is 53.6 Å². The van der Waals surface area contributed by atoms with Gasteiger partial charge in [0.1, 0.15) is 18.9 Å². The summed E-state index contributed by atoms with van der Waals surface area (Å²) in [6.07, 6.45) is 3.58. The van der Waals surface area contributed by atoms with E-state index in [2.05, 4.69) is 27.8 Å². The molecule has 0 saturated carbocycles. The van der Waals surface area contributed by atoms with Crippen LogP contribution >= 0.6 is 0 Å². The fourth-order valence-corrected chi connectivity index (χ4v) is 5.12. The summed E-state index contributed by atoms with van der Waals surface area (Å²) >= 11 is 0. The molecule has 6 aromatic rings. The normalized spacial score (nSPS) is 13.1. The highest BCUT2D eigenvalue weighted by Crippen LogP contribution is 2.36. The monoisotopic (exact) mass is 492 g/mol. The molecule has 0 aliphatic carbocycles. The molecule has 0 spiro atoms. The minimum atomic E-state index is -0.0569. The number of rotatable bonds is 3. The quantitative estimate of drug-likeness (QED) is 0.372. The first-order chi connectivity index (χ1) is 18.0. The predicted molar refractivity (Wildman–Crippen MR) is 141 cm³/mol. The maximum Gasteiger partial charge on any atom is 0.328 e. The van der Waals surface area contributed by atoms with E-state index in [4.69, 9.17) is 14.5 Å². The molecule has 0 radical (unpaired) electrons. The van der Waals surface area contributed by atoms with Crippen molar-refractivity contribution in [2.24, 2.45) is 21.1 Å². The first-order valence-corrected chi connectivity index (χ1v) is 12.0. The highest BCUT2D eigenvalue weighted by atomic mass is 16.6. The maximum absolute atomic E-state index is 12.5. The van der Waals surface area contributed by atoms with E-state index in [0.717, 1.165) is 61.9 Å². The van der Waals surface area contributed by atoms with Gasteiger partial charge in [0, 0.05) is 26.8 Å². The third kappa shape index (κ3) is 3.20. The smallest absolute Gasteiger partial charge is 0.328 e. The molecule has 0 unspecified atom stereocenters. The third-order valence-electron chi connectivity index (χ3n) is 7.09. The second-order valence-electron chi connectivity index (χ2n) is 9.30. The van der Waals surface area contributed by atoms with E-state index in [1.54, 1.807) is 29.6 Å². The number of ether oxygens (including phenoxy) is 2. The van der Waals surface area contributed by atoms with Gasteiger partial charge in [-0.3, -0.25) is 13.7 Å². The lowest BCUT2D eigenvalue weighted by atomic mass is 10.0. The summed E-state index contributed by atoms with van der Waals surface area (Å²) in [7, 11) is 5.54. The van der Waals surface area contributed by atoms with Crippen molar-refractivity contribution in [1.82, 2.24) is 28.2 Å². The second kappa shape index (κ2) is 7.86. The SMILES string of the molecule is Cn1cncc1-c1nc2cc(-c3ccc4c(c3)OCCO4)ccc2n1-c1ccc2c(c1)n(C)c(=O)n2C. The van der Waals surface area contributed by atoms with Crippen LogP contribution in [0.3, 0.4) is 0 Å². The topological polar surface area (TPSA) is 81.0 Å². The second-order valence-corrected chi connectivity index (χ2v) is 9.30. The summed E-state index contributed by atoms with van der Waals surface area (Å²) in [5, 5.41) is 0. The van der Waals surface area contributed by atoms with Crippen molar-refractivity contribution in [1.29, 1.82) is 0 Å². The zero-order valence-corrected chi connectivity index (χ0v) is 20.7. The van der Waals surface area contributed by atoms with Crippen molar-refractivity contribution in [3.05, 3.63) is 77.6 Å². The Kier molecular flexibility index (Phi) is 4.56. The molecule has 4 heterocycles. The van der Waals surface area contributed by atoms with Crippen LogP contribution in [0.15, 0.2) is 71.9 Å². The molecule has 7 rings (SSSR count). The Morgan fingerprint density at radius 1 is 0.784 bits per heavy atom. The van der Waals surface area contributed by atoms with E-state index in [9.17, 15) is 4.79 Å². The van der Waals surface area contributed by atoms with Gasteiger partial charge in [-0.1, -0.05) is 12.1 Å². The van der Waals surface area contributed by atoms with Gasteiger partial charge in [0.2, 0.25) is 0 Å². The van der Waals surface area contributed by atoms with Crippen LogP contribution < -0.4 is 15.2 Å². The Hall–Kier alpha value is -4.79. The summed E-state index contributed by atoms with van der Waals surface area (Å²) in [5.41, 5.74) is 7.36. The summed E-state index contributed by atoms with van der Waals surface area (Å²) in [6.45, 7) is 1.11. The Morgan fingerprint density at radius 2 is 1.51 bits per heavy atom. The van der Waals surface area contributed by atoms with Gasteiger partial charge < -0.3 is 14.0 Å². The zero-order valence-electron chi connectivity index (χ0n) is 20.7. The molecule has 184 valence electrons. The number of aryl methyl sites for hydroxylation is 3. The minimum Gasteiger partial charge on any atom is -0.486 e. The molecule has 0 amide bonds. The molecule has 37 heavy (non-hydrogen) atoms. The van der Waals surface area contributed by atoms with E-state index in [1.165, 1.54) is 0 Å². The van der Waals surface area contributed by atoms with Crippen LogP contribution in [0, 0.1) is 0 Å². The molecule has 3 aromatic carbocycles. The highest BCUT2D eigenvalue weighted by Gasteiger charge is 2.19. The van der Waals surface area contributed by atoms with Crippen LogP contribution in [-0.4, -0.2) is 41.5 Å². The van der Waals surface area contributed by atoms with Crippen molar-refractivity contribution in [2.75, 3.05) is 13.2 Å². The summed E-state index contributed by atoms with van der Waals surface area (Å²) in [5.74, 6) is 2.30. The van der Waals surface area contributed by atoms with Gasteiger partial charge in [-0.2, -0.15) is 0 Å². The zero-order chi connectivity index (χ0) is 25.3. The van der Waals surface area contributed by atoms with Crippen molar-refractivity contribution in [3.8, 4) is 39.8 Å². The molecular formula is C28H24N6O3. The first kappa shape index (κ1) is 21.5. The Morgan fingerprint density at radius 3 is 2.32 bits per heavy atom. The third-order valence-corrected chi connectivity index (χ3v) is 7.09. The van der Waals surface area contributed by atoms with Crippen LogP contribution in [0.2, 0.25) is 0 Å². The molecule has 0 N–H and O–H groups in total. The van der Waals surface area contributed by atoms with Crippen LogP contribution in [-0.2, 0) is 21.1 Å². The Balaban J connectivity index is 1.44. The molecule has 0 atom stereocenters. The van der Waals surface area contributed by atoms with Crippen LogP contribution in [0.1, 0.15) is 0 Å². The molecule has 0 bridgehead atoms. The van der Waals surface area contributed by atoms with Gasteiger partial charge in [-0.25, -0.2) is 14.8 Å². The van der Waals surface area contributed by atoms with Crippen LogP contribution in [0.5, 0.6) is 11.5 Å². The molecule has 9 heteroatoms. The average molecular weight is 493 g/mol.